The van der Waals surface area contributed by atoms with Gasteiger partial charge in [0, 0.05) is 31.8 Å². The molecule has 2 N–H and O–H groups in total. The SMILES string of the molecule is Oc1ccc(Cl)cc1.Oc1ccc(Cl)cc1.[CH]1[CH][CH][CH][CH]1.[CH]1[CH][CH][CH][CH]1.[Ti]. The quantitative estimate of drug-likeness (QED) is 0.489. The molecule has 0 bridgehead atoms. The molecule has 2 aromatic rings. The third-order valence-electron chi connectivity index (χ3n) is 2.76. The van der Waals surface area contributed by atoms with Crippen LogP contribution in [0.15, 0.2) is 48.5 Å². The molecule has 2 nitrogen and oxygen atoms in total. The van der Waals surface area contributed by atoms with Gasteiger partial charge in [-0.2, -0.15) is 0 Å². The Morgan fingerprint density at radius 3 is 0.741 bits per heavy atom. The third-order valence-corrected chi connectivity index (χ3v) is 3.27. The van der Waals surface area contributed by atoms with Gasteiger partial charge in [-0.05, 0) is 113 Å². The van der Waals surface area contributed by atoms with Crippen molar-refractivity contribution in [3.05, 3.63) is 123 Å². The normalized spacial score (nSPS) is 14.3. The van der Waals surface area contributed by atoms with Crippen LogP contribution in [0.5, 0.6) is 11.5 Å². The fourth-order valence-electron chi connectivity index (χ4n) is 1.52. The van der Waals surface area contributed by atoms with E-state index in [0.717, 1.165) is 0 Å². The first-order valence-electron chi connectivity index (χ1n) is 7.80. The van der Waals surface area contributed by atoms with Crippen LogP contribution in [-0.4, -0.2) is 10.2 Å². The van der Waals surface area contributed by atoms with Gasteiger partial charge in [0.1, 0.15) is 11.5 Å². The van der Waals surface area contributed by atoms with Crippen LogP contribution in [0.2, 0.25) is 10.0 Å². The van der Waals surface area contributed by atoms with Crippen LogP contribution >= 0.6 is 23.2 Å². The van der Waals surface area contributed by atoms with Crippen LogP contribution in [0.4, 0.5) is 0 Å². The van der Waals surface area contributed by atoms with Gasteiger partial charge in [0.25, 0.3) is 0 Å². The second-order valence-corrected chi connectivity index (χ2v) is 5.75. The zero-order chi connectivity index (χ0) is 19.0. The van der Waals surface area contributed by atoms with Crippen molar-refractivity contribution in [2.75, 3.05) is 0 Å². The molecule has 0 heterocycles. The summed E-state index contributed by atoms with van der Waals surface area (Å²) in [6, 6.07) is 12.7. The molecule has 4 rings (SSSR count). The Hall–Kier alpha value is -0.666. The Balaban J connectivity index is 0.000000337. The molecule has 2 saturated carbocycles. The summed E-state index contributed by atoms with van der Waals surface area (Å²) in [7, 11) is 0. The molecule has 0 aromatic heterocycles. The summed E-state index contributed by atoms with van der Waals surface area (Å²) in [6.45, 7) is 0. The van der Waals surface area contributed by atoms with Gasteiger partial charge in [-0.15, -0.1) is 0 Å². The molecule has 0 unspecified atom stereocenters. The Bertz CT molecular complexity index is 455. The van der Waals surface area contributed by atoms with Crippen LogP contribution in [0.1, 0.15) is 0 Å². The molecule has 10 radical (unpaired) electrons. The number of benzene rings is 2. The summed E-state index contributed by atoms with van der Waals surface area (Å²) in [6.07, 6.45) is 20.0. The minimum atomic E-state index is 0. The molecule has 138 valence electrons. The fraction of sp³-hybridized carbons (Fsp3) is 0. The monoisotopic (exact) mass is 434 g/mol. The summed E-state index contributed by atoms with van der Waals surface area (Å²) in [5.74, 6) is 0.490. The molecule has 2 aromatic carbocycles. The number of hydrogen-bond acceptors (Lipinski definition) is 2. The maximum atomic E-state index is 8.70. The second-order valence-electron chi connectivity index (χ2n) is 4.88. The predicted octanol–water partition coefficient (Wildman–Crippen LogP) is 6.13. The van der Waals surface area contributed by atoms with Gasteiger partial charge in [-0.25, -0.2) is 0 Å². The van der Waals surface area contributed by atoms with Crippen LogP contribution in [0.25, 0.3) is 0 Å². The van der Waals surface area contributed by atoms with Crippen molar-refractivity contribution in [1.82, 2.24) is 0 Å². The Morgan fingerprint density at radius 2 is 0.593 bits per heavy atom. The van der Waals surface area contributed by atoms with E-state index >= 15 is 0 Å². The van der Waals surface area contributed by atoms with E-state index in [1.165, 1.54) is 0 Å². The smallest absolute Gasteiger partial charge is 0.115 e. The average Bonchev–Trinajstić information content (AvgIpc) is 3.39. The van der Waals surface area contributed by atoms with Crippen molar-refractivity contribution in [3.63, 3.8) is 0 Å². The average molecular weight is 435 g/mol. The Morgan fingerprint density at radius 1 is 0.407 bits per heavy atom. The largest absolute Gasteiger partial charge is 0.508 e. The molecule has 0 saturated heterocycles. The predicted molar refractivity (Wildman–Crippen MR) is 109 cm³/mol. The van der Waals surface area contributed by atoms with Crippen molar-refractivity contribution < 1.29 is 31.9 Å². The molecule has 0 aliphatic heterocycles. The van der Waals surface area contributed by atoms with Crippen LogP contribution in [0, 0.1) is 64.2 Å². The van der Waals surface area contributed by atoms with Crippen molar-refractivity contribution in [2.24, 2.45) is 0 Å². The molecular formula is C22H20Cl2O2Ti. The van der Waals surface area contributed by atoms with Crippen molar-refractivity contribution in [1.29, 1.82) is 0 Å². The van der Waals surface area contributed by atoms with E-state index in [-0.39, 0.29) is 33.2 Å². The van der Waals surface area contributed by atoms with Gasteiger partial charge in [0.2, 0.25) is 0 Å². The first kappa shape index (κ1) is 26.3. The van der Waals surface area contributed by atoms with Gasteiger partial charge in [0.15, 0.2) is 0 Å². The van der Waals surface area contributed by atoms with Crippen LogP contribution < -0.4 is 0 Å². The van der Waals surface area contributed by atoms with E-state index in [4.69, 9.17) is 33.4 Å². The van der Waals surface area contributed by atoms with E-state index in [0.29, 0.717) is 10.0 Å². The zero-order valence-corrected chi connectivity index (χ0v) is 17.6. The summed E-state index contributed by atoms with van der Waals surface area (Å²) < 4.78 is 0. The minimum Gasteiger partial charge on any atom is -0.508 e. The summed E-state index contributed by atoms with van der Waals surface area (Å²) in [5, 5.41) is 18.7. The van der Waals surface area contributed by atoms with Gasteiger partial charge < -0.3 is 10.2 Å². The number of aromatic hydroxyl groups is 2. The maximum absolute atomic E-state index is 8.70. The van der Waals surface area contributed by atoms with E-state index in [1.54, 1.807) is 48.5 Å². The summed E-state index contributed by atoms with van der Waals surface area (Å²) in [4.78, 5) is 0. The third kappa shape index (κ3) is 16.0. The number of phenolic OH excluding ortho intramolecular Hbond substituents is 2. The van der Waals surface area contributed by atoms with E-state index in [1.807, 2.05) is 64.2 Å². The number of hydrogen-bond donors (Lipinski definition) is 2. The topological polar surface area (TPSA) is 40.5 Å². The fourth-order valence-corrected chi connectivity index (χ4v) is 1.78. The van der Waals surface area contributed by atoms with Crippen molar-refractivity contribution in [2.45, 2.75) is 0 Å². The van der Waals surface area contributed by atoms with E-state index in [2.05, 4.69) is 0 Å². The van der Waals surface area contributed by atoms with Crippen molar-refractivity contribution >= 4 is 23.2 Å². The van der Waals surface area contributed by atoms with Gasteiger partial charge in [-0.1, -0.05) is 23.2 Å². The molecular weight excluding hydrogens is 415 g/mol. The molecule has 0 amide bonds. The zero-order valence-electron chi connectivity index (χ0n) is 14.5. The summed E-state index contributed by atoms with van der Waals surface area (Å²) in [5.41, 5.74) is 0. The number of halogens is 2. The molecule has 2 aliphatic rings. The first-order chi connectivity index (χ1) is 12.6. The maximum Gasteiger partial charge on any atom is 0.115 e. The molecule has 0 spiro atoms. The standard InChI is InChI=1S/2C6H5ClO.2C5H5.Ti/c2*7-5-1-3-6(8)4-2-5;2*1-2-4-5-3-1;/h2*1-4,8H;2*1-5H;. The number of phenols is 2. The molecule has 2 fully saturated rings. The molecule has 27 heavy (non-hydrogen) atoms. The molecule has 2 aliphatic carbocycles. The van der Waals surface area contributed by atoms with Gasteiger partial charge in [0.05, 0.1) is 0 Å². The van der Waals surface area contributed by atoms with Crippen LogP contribution in [0.3, 0.4) is 0 Å². The van der Waals surface area contributed by atoms with Crippen LogP contribution in [-0.2, 0) is 21.7 Å². The molecule has 0 atom stereocenters. The Labute approximate surface area is 188 Å². The van der Waals surface area contributed by atoms with Crippen molar-refractivity contribution in [3.8, 4) is 11.5 Å². The van der Waals surface area contributed by atoms with Gasteiger partial charge >= 0.3 is 0 Å². The van der Waals surface area contributed by atoms with Gasteiger partial charge in [-0.3, -0.25) is 0 Å². The molecule has 5 heteroatoms. The van der Waals surface area contributed by atoms with E-state index in [9.17, 15) is 0 Å². The van der Waals surface area contributed by atoms with E-state index < -0.39 is 0 Å². The minimum absolute atomic E-state index is 0. The first-order valence-corrected chi connectivity index (χ1v) is 8.56. The summed E-state index contributed by atoms with van der Waals surface area (Å²) >= 11 is 11.0. The second kappa shape index (κ2) is 17.4. The Kier molecular flexibility index (Phi) is 17.0. The number of rotatable bonds is 0.